The Morgan fingerprint density at radius 2 is 1.76 bits per heavy atom. The maximum Gasteiger partial charge on any atom is 0.294 e. The second-order valence-electron chi connectivity index (χ2n) is 5.97. The number of rotatable bonds is 2. The maximum atomic E-state index is 11.1. The van der Waals surface area contributed by atoms with Gasteiger partial charge in [-0.3, -0.25) is 4.79 Å². The summed E-state index contributed by atoms with van der Waals surface area (Å²) in [5.41, 5.74) is 4.21. The van der Waals surface area contributed by atoms with Crippen molar-refractivity contribution in [2.75, 3.05) is 5.32 Å². The largest absolute Gasteiger partial charge is 1.00 e. The standard InChI is InChI=1S/C20H17N3O.HI/c1-14(24)21-17-9-7-16(8-10-17)19-13-23-12-11-15-5-3-4-6-18(15)20(23)22(19)2;/h3-13H,1-2H3;1H. The fourth-order valence-corrected chi connectivity index (χ4v) is 3.20. The number of nitrogens with one attached hydrogen (secondary N) is 1. The van der Waals surface area contributed by atoms with Crippen LogP contribution in [0.5, 0.6) is 0 Å². The Hall–Kier alpha value is -2.41. The normalized spacial score (nSPS) is 10.6. The van der Waals surface area contributed by atoms with Gasteiger partial charge in [0.2, 0.25) is 5.91 Å². The van der Waals surface area contributed by atoms with Gasteiger partial charge in [-0.1, -0.05) is 18.2 Å². The predicted molar refractivity (Wildman–Crippen MR) is 95.8 cm³/mol. The van der Waals surface area contributed by atoms with Crippen molar-refractivity contribution in [2.24, 2.45) is 7.05 Å². The molecule has 5 heteroatoms. The van der Waals surface area contributed by atoms with Crippen molar-refractivity contribution < 1.29 is 33.2 Å². The first-order valence-electron chi connectivity index (χ1n) is 7.90. The van der Waals surface area contributed by atoms with Crippen LogP contribution in [0.25, 0.3) is 27.7 Å². The molecule has 0 radical (unpaired) electrons. The lowest BCUT2D eigenvalue weighted by Gasteiger charge is -2.03. The molecule has 0 saturated carbocycles. The third-order valence-electron chi connectivity index (χ3n) is 4.30. The van der Waals surface area contributed by atoms with E-state index in [1.165, 1.54) is 17.7 Å². The first kappa shape index (κ1) is 17.4. The Labute approximate surface area is 163 Å². The van der Waals surface area contributed by atoms with Crippen LogP contribution in [0, 0.1) is 0 Å². The minimum Gasteiger partial charge on any atom is -1.00 e. The number of carbonyl (C=O) groups is 1. The average molecular weight is 443 g/mol. The monoisotopic (exact) mass is 443 g/mol. The number of amides is 1. The molecule has 2 aromatic carbocycles. The molecule has 0 bridgehead atoms. The van der Waals surface area contributed by atoms with Crippen molar-refractivity contribution in [1.29, 1.82) is 0 Å². The molecule has 2 heterocycles. The van der Waals surface area contributed by atoms with Crippen LogP contribution in [0.15, 0.2) is 67.0 Å². The molecule has 0 saturated heterocycles. The van der Waals surface area contributed by atoms with E-state index in [9.17, 15) is 4.79 Å². The molecule has 1 N–H and O–H groups in total. The molecule has 0 aliphatic heterocycles. The van der Waals surface area contributed by atoms with Gasteiger partial charge in [0.15, 0.2) is 5.69 Å². The Bertz CT molecular complexity index is 1070. The summed E-state index contributed by atoms with van der Waals surface area (Å²) < 4.78 is 4.36. The van der Waals surface area contributed by atoms with E-state index < -0.39 is 0 Å². The highest BCUT2D eigenvalue weighted by atomic mass is 127. The summed E-state index contributed by atoms with van der Waals surface area (Å²) in [6.07, 6.45) is 4.22. The van der Waals surface area contributed by atoms with Gasteiger partial charge < -0.3 is 29.3 Å². The quantitative estimate of drug-likeness (QED) is 0.357. The Balaban J connectivity index is 0.00000182. The van der Waals surface area contributed by atoms with E-state index in [0.717, 1.165) is 22.6 Å². The van der Waals surface area contributed by atoms with Gasteiger partial charge >= 0.3 is 0 Å². The van der Waals surface area contributed by atoms with Crippen molar-refractivity contribution in [3.8, 4) is 11.3 Å². The number of fused-ring (bicyclic) bond motifs is 3. The number of hydrogen-bond acceptors (Lipinski definition) is 1. The Morgan fingerprint density at radius 3 is 2.48 bits per heavy atom. The molecule has 0 atom stereocenters. The molecule has 0 aliphatic rings. The van der Waals surface area contributed by atoms with Crippen molar-refractivity contribution in [2.45, 2.75) is 6.92 Å². The van der Waals surface area contributed by atoms with Gasteiger partial charge in [-0.2, -0.15) is 0 Å². The zero-order valence-corrected chi connectivity index (χ0v) is 16.2. The zero-order valence-electron chi connectivity index (χ0n) is 14.0. The average Bonchev–Trinajstić information content (AvgIpc) is 2.92. The van der Waals surface area contributed by atoms with Crippen LogP contribution in [-0.2, 0) is 11.8 Å². The van der Waals surface area contributed by atoms with E-state index in [4.69, 9.17) is 0 Å². The summed E-state index contributed by atoms with van der Waals surface area (Å²) in [4.78, 5) is 11.1. The summed E-state index contributed by atoms with van der Waals surface area (Å²) in [6.45, 7) is 1.51. The topological polar surface area (TPSA) is 38.1 Å². The van der Waals surface area contributed by atoms with Crippen LogP contribution in [0.2, 0.25) is 0 Å². The molecule has 4 rings (SSSR count). The maximum absolute atomic E-state index is 11.1. The SMILES string of the molecule is CC(=O)Nc1ccc(-c2c[n+]3ccc4ccccc4c3n2C)cc1.[I-]. The van der Waals surface area contributed by atoms with E-state index in [-0.39, 0.29) is 29.9 Å². The molecule has 0 spiro atoms. The van der Waals surface area contributed by atoms with E-state index in [2.05, 4.69) is 64.1 Å². The molecule has 4 nitrogen and oxygen atoms in total. The molecule has 126 valence electrons. The number of hydrogen-bond donors (Lipinski definition) is 1. The number of carbonyl (C=O) groups excluding carboxylic acids is 1. The summed E-state index contributed by atoms with van der Waals surface area (Å²) in [6, 6.07) is 18.4. The number of imidazole rings is 1. The first-order chi connectivity index (χ1) is 11.6. The zero-order chi connectivity index (χ0) is 16.7. The fourth-order valence-electron chi connectivity index (χ4n) is 3.20. The third kappa shape index (κ3) is 3.11. The number of aryl methyl sites for hydroxylation is 1. The third-order valence-corrected chi connectivity index (χ3v) is 4.30. The van der Waals surface area contributed by atoms with E-state index in [1.54, 1.807) is 0 Å². The van der Waals surface area contributed by atoms with Gasteiger partial charge in [-0.15, -0.1) is 0 Å². The fraction of sp³-hybridized carbons (Fsp3) is 0.100. The van der Waals surface area contributed by atoms with Crippen LogP contribution in [-0.4, -0.2) is 10.5 Å². The molecule has 2 aromatic heterocycles. The molecule has 0 unspecified atom stereocenters. The van der Waals surface area contributed by atoms with Crippen LogP contribution >= 0.6 is 0 Å². The molecule has 0 fully saturated rings. The highest BCUT2D eigenvalue weighted by Gasteiger charge is 2.18. The number of nitrogens with zero attached hydrogens (tertiary/aromatic N) is 2. The smallest absolute Gasteiger partial charge is 0.294 e. The molecular weight excluding hydrogens is 425 g/mol. The number of halogens is 1. The van der Waals surface area contributed by atoms with E-state index in [1.807, 2.05) is 24.3 Å². The molecule has 4 aromatic rings. The van der Waals surface area contributed by atoms with Crippen LogP contribution in [0.4, 0.5) is 5.69 Å². The summed E-state index contributed by atoms with van der Waals surface area (Å²) in [5, 5.41) is 5.25. The van der Waals surface area contributed by atoms with Crippen molar-refractivity contribution in [3.05, 3.63) is 67.0 Å². The molecule has 0 aliphatic carbocycles. The number of benzene rings is 2. The summed E-state index contributed by atoms with van der Waals surface area (Å²) in [5.74, 6) is -0.0608. The number of pyridine rings is 1. The van der Waals surface area contributed by atoms with Gasteiger partial charge in [-0.25, -0.2) is 8.97 Å². The van der Waals surface area contributed by atoms with Crippen molar-refractivity contribution >= 4 is 28.0 Å². The van der Waals surface area contributed by atoms with Gasteiger partial charge in [0.25, 0.3) is 5.65 Å². The number of anilines is 1. The van der Waals surface area contributed by atoms with E-state index >= 15 is 0 Å². The lowest BCUT2D eigenvalue weighted by molar-refractivity contribution is -0.509. The highest BCUT2D eigenvalue weighted by Crippen LogP contribution is 2.25. The van der Waals surface area contributed by atoms with Crippen molar-refractivity contribution in [3.63, 3.8) is 0 Å². The lowest BCUT2D eigenvalue weighted by Crippen LogP contribution is -3.00. The van der Waals surface area contributed by atoms with Gasteiger partial charge in [0.05, 0.1) is 18.6 Å². The number of aromatic nitrogens is 2. The van der Waals surface area contributed by atoms with Crippen molar-refractivity contribution in [1.82, 2.24) is 4.57 Å². The predicted octanol–water partition coefficient (Wildman–Crippen LogP) is 0.546. The molecule has 1 amide bonds. The summed E-state index contributed by atoms with van der Waals surface area (Å²) >= 11 is 0. The minimum atomic E-state index is -0.0608. The molecule has 25 heavy (non-hydrogen) atoms. The molecular formula is C20H18IN3O. The minimum absolute atomic E-state index is 0. The van der Waals surface area contributed by atoms with Crippen LogP contribution in [0.3, 0.4) is 0 Å². The summed E-state index contributed by atoms with van der Waals surface area (Å²) in [7, 11) is 2.08. The Kier molecular flexibility index (Phi) is 4.76. The van der Waals surface area contributed by atoms with Gasteiger partial charge in [-0.05, 0) is 41.8 Å². The van der Waals surface area contributed by atoms with Gasteiger partial charge in [0, 0.05) is 18.2 Å². The Morgan fingerprint density at radius 1 is 1.04 bits per heavy atom. The van der Waals surface area contributed by atoms with Crippen LogP contribution in [0.1, 0.15) is 6.92 Å². The second-order valence-corrected chi connectivity index (χ2v) is 5.97. The van der Waals surface area contributed by atoms with Crippen LogP contribution < -0.4 is 33.7 Å². The van der Waals surface area contributed by atoms with Gasteiger partial charge in [0.1, 0.15) is 6.20 Å². The van der Waals surface area contributed by atoms with E-state index in [0.29, 0.717) is 0 Å². The lowest BCUT2D eigenvalue weighted by atomic mass is 10.1. The first-order valence-corrected chi connectivity index (χ1v) is 7.90. The second kappa shape index (κ2) is 6.84. The highest BCUT2D eigenvalue weighted by molar-refractivity contribution is 5.93.